The molecule has 0 unspecified atom stereocenters. The van der Waals surface area contributed by atoms with Crippen LogP contribution in [0.25, 0.3) is 5.57 Å². The highest BCUT2D eigenvalue weighted by Gasteiger charge is 2.60. The van der Waals surface area contributed by atoms with Crippen molar-refractivity contribution >= 4 is 21.5 Å². The molecule has 82 valence electrons. The molecule has 0 amide bonds. The number of allylic oxidation sites excluding steroid dienone is 1. The molecule has 3 atom stereocenters. The molecule has 1 aromatic carbocycles. The van der Waals surface area contributed by atoms with Gasteiger partial charge in [0.15, 0.2) is 0 Å². The van der Waals surface area contributed by atoms with Crippen LogP contribution in [-0.4, -0.2) is 6.61 Å². The Hall–Kier alpha value is -0.760. The second kappa shape index (κ2) is 2.73. The van der Waals surface area contributed by atoms with Crippen LogP contribution < -0.4 is 4.74 Å². The molecule has 1 nitrogen and oxygen atoms in total. The first-order valence-electron chi connectivity index (χ1n) is 5.83. The van der Waals surface area contributed by atoms with Gasteiger partial charge in [-0.25, -0.2) is 0 Å². The largest absolute Gasteiger partial charge is 0.492 e. The summed E-state index contributed by atoms with van der Waals surface area (Å²) in [5, 5.41) is 0. The zero-order valence-corrected chi connectivity index (χ0v) is 10.8. The lowest BCUT2D eigenvalue weighted by molar-refractivity contribution is 0.220. The Kier molecular flexibility index (Phi) is 1.58. The lowest BCUT2D eigenvalue weighted by Crippen LogP contribution is -2.24. The maximum atomic E-state index is 5.89. The highest BCUT2D eigenvalue weighted by Crippen LogP contribution is 2.68. The van der Waals surface area contributed by atoms with Crippen LogP contribution in [0.4, 0.5) is 0 Å². The number of ether oxygens (including phenoxy) is 1. The third-order valence-corrected chi connectivity index (χ3v) is 5.05. The van der Waals surface area contributed by atoms with E-state index >= 15 is 0 Å². The van der Waals surface area contributed by atoms with Crippen molar-refractivity contribution in [2.45, 2.75) is 13.3 Å². The minimum absolute atomic E-state index is 0.509. The van der Waals surface area contributed by atoms with E-state index in [4.69, 9.17) is 4.74 Å². The molecule has 3 aliphatic rings. The molecule has 0 radical (unpaired) electrons. The summed E-state index contributed by atoms with van der Waals surface area (Å²) in [4.78, 5) is 0. The number of benzene rings is 1. The van der Waals surface area contributed by atoms with Gasteiger partial charge in [0.2, 0.25) is 0 Å². The first-order chi connectivity index (χ1) is 7.68. The fourth-order valence-electron chi connectivity index (χ4n) is 3.34. The predicted octanol–water partition coefficient (Wildman–Crippen LogP) is 3.88. The zero-order valence-electron chi connectivity index (χ0n) is 9.16. The summed E-state index contributed by atoms with van der Waals surface area (Å²) >= 11 is 3.54. The van der Waals surface area contributed by atoms with Gasteiger partial charge in [0, 0.05) is 16.0 Å². The zero-order chi connectivity index (χ0) is 10.9. The maximum absolute atomic E-state index is 5.89. The summed E-state index contributed by atoms with van der Waals surface area (Å²) in [7, 11) is 0. The van der Waals surface area contributed by atoms with Gasteiger partial charge in [-0.3, -0.25) is 0 Å². The number of fused-ring (bicyclic) bond motifs is 5. The van der Waals surface area contributed by atoms with Gasteiger partial charge in [-0.1, -0.05) is 28.9 Å². The van der Waals surface area contributed by atoms with Crippen molar-refractivity contribution in [3.63, 3.8) is 0 Å². The number of hydrogen-bond acceptors (Lipinski definition) is 1. The molecule has 0 bridgehead atoms. The molecule has 1 aromatic rings. The quantitative estimate of drug-likeness (QED) is 0.699. The third kappa shape index (κ3) is 1.01. The fraction of sp³-hybridized carbons (Fsp3) is 0.429. The Morgan fingerprint density at radius 2 is 2.31 bits per heavy atom. The molecular formula is C14H13BrO. The van der Waals surface area contributed by atoms with Crippen molar-refractivity contribution in [1.29, 1.82) is 0 Å². The summed E-state index contributed by atoms with van der Waals surface area (Å²) in [5.41, 5.74) is 3.34. The molecule has 0 aromatic heterocycles. The maximum Gasteiger partial charge on any atom is 0.126 e. The van der Waals surface area contributed by atoms with Crippen LogP contribution in [0.15, 0.2) is 28.7 Å². The monoisotopic (exact) mass is 276 g/mol. The summed E-state index contributed by atoms with van der Waals surface area (Å²) < 4.78 is 7.03. The van der Waals surface area contributed by atoms with E-state index in [0.29, 0.717) is 11.3 Å². The second-order valence-electron chi connectivity index (χ2n) is 5.44. The van der Waals surface area contributed by atoms with E-state index < -0.39 is 0 Å². The molecule has 0 saturated heterocycles. The topological polar surface area (TPSA) is 9.23 Å². The van der Waals surface area contributed by atoms with Crippen LogP contribution in [0.1, 0.15) is 18.9 Å². The van der Waals surface area contributed by atoms with E-state index in [9.17, 15) is 0 Å². The van der Waals surface area contributed by atoms with E-state index in [0.717, 1.165) is 22.7 Å². The molecule has 16 heavy (non-hydrogen) atoms. The molecular weight excluding hydrogens is 264 g/mol. The van der Waals surface area contributed by atoms with E-state index in [1.165, 1.54) is 17.6 Å². The second-order valence-corrected chi connectivity index (χ2v) is 6.36. The van der Waals surface area contributed by atoms with Gasteiger partial charge in [0.05, 0.1) is 6.61 Å². The lowest BCUT2D eigenvalue weighted by atomic mass is 9.83. The van der Waals surface area contributed by atoms with Crippen molar-refractivity contribution in [3.8, 4) is 5.75 Å². The Balaban J connectivity index is 1.89. The Morgan fingerprint density at radius 1 is 1.44 bits per heavy atom. The van der Waals surface area contributed by atoms with Crippen LogP contribution in [0.2, 0.25) is 0 Å². The Bertz CT molecular complexity index is 519. The van der Waals surface area contributed by atoms with Crippen LogP contribution >= 0.6 is 15.9 Å². The Morgan fingerprint density at radius 3 is 3.19 bits per heavy atom. The van der Waals surface area contributed by atoms with Gasteiger partial charge in [-0.05, 0) is 41.5 Å². The highest BCUT2D eigenvalue weighted by atomic mass is 79.9. The van der Waals surface area contributed by atoms with Crippen molar-refractivity contribution in [1.82, 2.24) is 0 Å². The molecule has 2 aliphatic carbocycles. The first kappa shape index (κ1) is 9.29. The molecule has 1 saturated carbocycles. The van der Waals surface area contributed by atoms with Crippen LogP contribution in [0.3, 0.4) is 0 Å². The molecule has 0 N–H and O–H groups in total. The SMILES string of the molecule is C[C@@]12C[C@@H]1C=C1c3cc(Br)ccc3OC[C@@H]12. The summed E-state index contributed by atoms with van der Waals surface area (Å²) in [5.74, 6) is 2.48. The van der Waals surface area contributed by atoms with Gasteiger partial charge in [0.25, 0.3) is 0 Å². The minimum atomic E-state index is 0.509. The lowest BCUT2D eigenvalue weighted by Gasteiger charge is -2.30. The van der Waals surface area contributed by atoms with Gasteiger partial charge < -0.3 is 4.74 Å². The predicted molar refractivity (Wildman–Crippen MR) is 67.3 cm³/mol. The van der Waals surface area contributed by atoms with Crippen molar-refractivity contribution in [3.05, 3.63) is 34.3 Å². The van der Waals surface area contributed by atoms with Crippen LogP contribution in [0, 0.1) is 17.3 Å². The summed E-state index contributed by atoms with van der Waals surface area (Å²) in [6.45, 7) is 3.27. The number of rotatable bonds is 0. The van der Waals surface area contributed by atoms with Gasteiger partial charge in [-0.2, -0.15) is 0 Å². The van der Waals surface area contributed by atoms with Crippen molar-refractivity contribution in [2.75, 3.05) is 6.61 Å². The first-order valence-corrected chi connectivity index (χ1v) is 6.62. The van der Waals surface area contributed by atoms with E-state index in [-0.39, 0.29) is 0 Å². The van der Waals surface area contributed by atoms with Crippen molar-refractivity contribution < 1.29 is 4.74 Å². The third-order valence-electron chi connectivity index (χ3n) is 4.56. The molecule has 1 fully saturated rings. The van der Waals surface area contributed by atoms with E-state index in [2.05, 4.69) is 47.1 Å². The molecule has 1 aliphatic heterocycles. The van der Waals surface area contributed by atoms with Gasteiger partial charge >= 0.3 is 0 Å². The van der Waals surface area contributed by atoms with E-state index in [1.54, 1.807) is 0 Å². The summed E-state index contributed by atoms with van der Waals surface area (Å²) in [6.07, 6.45) is 3.84. The standard InChI is InChI=1S/C14H13BrO/c1-14-6-8(14)4-10-11-5-9(15)2-3-13(11)16-7-12(10)14/h2-5,8,12H,6-7H2,1H3/t8-,12-,14+/m0/s1. The van der Waals surface area contributed by atoms with Crippen LogP contribution in [-0.2, 0) is 0 Å². The normalized spacial score (nSPS) is 38.0. The van der Waals surface area contributed by atoms with Crippen LogP contribution in [0.5, 0.6) is 5.75 Å². The van der Waals surface area contributed by atoms with E-state index in [1.807, 2.05) is 0 Å². The van der Waals surface area contributed by atoms with Gasteiger partial charge in [-0.15, -0.1) is 0 Å². The fourth-order valence-corrected chi connectivity index (χ4v) is 3.70. The summed E-state index contributed by atoms with van der Waals surface area (Å²) in [6, 6.07) is 6.32. The molecule has 4 rings (SSSR count). The highest BCUT2D eigenvalue weighted by molar-refractivity contribution is 9.10. The van der Waals surface area contributed by atoms with Gasteiger partial charge in [0.1, 0.15) is 5.75 Å². The molecule has 0 spiro atoms. The number of hydrogen-bond donors (Lipinski definition) is 0. The minimum Gasteiger partial charge on any atom is -0.492 e. The smallest absolute Gasteiger partial charge is 0.126 e. The Labute approximate surface area is 104 Å². The number of halogens is 1. The average Bonchev–Trinajstić information content (AvgIpc) is 2.83. The molecule has 1 heterocycles. The van der Waals surface area contributed by atoms with Crippen molar-refractivity contribution in [2.24, 2.45) is 17.3 Å². The molecule has 2 heteroatoms. The average molecular weight is 277 g/mol.